The summed E-state index contributed by atoms with van der Waals surface area (Å²) in [5.41, 5.74) is 21.9. The Balaban J connectivity index is 0.917. The Labute approximate surface area is 389 Å². The van der Waals surface area contributed by atoms with Crippen LogP contribution in [-0.4, -0.2) is 4.57 Å². The van der Waals surface area contributed by atoms with Gasteiger partial charge in [0.05, 0.1) is 16.4 Å². The molecule has 2 heteroatoms. The molecule has 67 heavy (non-hydrogen) atoms. The van der Waals surface area contributed by atoms with E-state index in [-0.39, 0.29) is 0 Å². The van der Waals surface area contributed by atoms with Gasteiger partial charge in [-0.1, -0.05) is 188 Å². The highest BCUT2D eigenvalue weighted by Gasteiger charge is 2.51. The van der Waals surface area contributed by atoms with Crippen molar-refractivity contribution >= 4 is 49.6 Å². The summed E-state index contributed by atoms with van der Waals surface area (Å²) in [6.45, 7) is 0. The predicted octanol–water partition coefficient (Wildman–Crippen LogP) is 17.1. The molecule has 0 saturated heterocycles. The topological polar surface area (TPSA) is 8.17 Å². The average molecular weight is 851 g/mol. The molecular weight excluding hydrogens is 809 g/mol. The Kier molecular flexibility index (Phi) is 8.23. The molecule has 0 amide bonds. The van der Waals surface area contributed by atoms with Gasteiger partial charge in [0.15, 0.2) is 0 Å². The van der Waals surface area contributed by atoms with Crippen LogP contribution in [0.15, 0.2) is 255 Å². The number of para-hydroxylation sites is 2. The zero-order chi connectivity index (χ0) is 44.1. The highest BCUT2D eigenvalue weighted by atomic mass is 15.1. The number of fused-ring (bicyclic) bond motifs is 14. The van der Waals surface area contributed by atoms with Crippen LogP contribution in [0.1, 0.15) is 22.3 Å². The molecule has 0 bridgehead atoms. The van der Waals surface area contributed by atoms with Crippen molar-refractivity contribution in [1.29, 1.82) is 0 Å². The van der Waals surface area contributed by atoms with E-state index in [1.165, 1.54) is 105 Å². The molecule has 2 aliphatic carbocycles. The molecule has 0 saturated carbocycles. The van der Waals surface area contributed by atoms with E-state index in [1.54, 1.807) is 0 Å². The van der Waals surface area contributed by atoms with Gasteiger partial charge in [0.25, 0.3) is 0 Å². The van der Waals surface area contributed by atoms with Crippen molar-refractivity contribution in [2.24, 2.45) is 0 Å². The average Bonchev–Trinajstić information content (AvgIpc) is 4.01. The van der Waals surface area contributed by atoms with Crippen LogP contribution in [0, 0.1) is 0 Å². The third-order valence-corrected chi connectivity index (χ3v) is 14.6. The molecule has 0 radical (unpaired) electrons. The zero-order valence-electron chi connectivity index (χ0n) is 36.6. The minimum absolute atomic E-state index is 0.433. The standard InChI is InChI=1S/C65H42N2/c1-2-18-47(19-3-1)67-63-29-15-11-25-57(63)58-41-46(33-39-64(58)67)52-21-7-6-20-51(52)44-31-34-48(35-32-44)66(49-36-30-43-16-4-5-17-45(43)40-49)50-37-38-56-55-24-10-14-28-61(55)65(62(56)42-50)59-26-12-8-22-53(59)54-23-9-13-27-60(54)65/h1-42H. The molecule has 0 atom stereocenters. The van der Waals surface area contributed by atoms with Gasteiger partial charge >= 0.3 is 0 Å². The van der Waals surface area contributed by atoms with Crippen LogP contribution in [0.2, 0.25) is 0 Å². The summed E-state index contributed by atoms with van der Waals surface area (Å²) in [4.78, 5) is 2.45. The Hall–Kier alpha value is -8.72. The maximum Gasteiger partial charge on any atom is 0.0726 e. The summed E-state index contributed by atoms with van der Waals surface area (Å²) >= 11 is 0. The Morgan fingerprint density at radius 2 is 0.776 bits per heavy atom. The number of nitrogens with zero attached hydrogens (tertiary/aromatic N) is 2. The molecule has 14 rings (SSSR count). The van der Waals surface area contributed by atoms with Gasteiger partial charge < -0.3 is 9.47 Å². The minimum atomic E-state index is -0.433. The normalized spacial score (nSPS) is 12.9. The van der Waals surface area contributed by atoms with Gasteiger partial charge in [0.2, 0.25) is 0 Å². The smallest absolute Gasteiger partial charge is 0.0726 e. The van der Waals surface area contributed by atoms with Crippen molar-refractivity contribution in [3.8, 4) is 50.2 Å². The van der Waals surface area contributed by atoms with Crippen LogP contribution < -0.4 is 4.90 Å². The van der Waals surface area contributed by atoms with E-state index < -0.39 is 5.41 Å². The van der Waals surface area contributed by atoms with Crippen LogP contribution in [0.3, 0.4) is 0 Å². The summed E-state index contributed by atoms with van der Waals surface area (Å²) in [5.74, 6) is 0. The molecule has 11 aromatic carbocycles. The quantitative estimate of drug-likeness (QED) is 0.162. The second-order valence-corrected chi connectivity index (χ2v) is 18.0. The van der Waals surface area contributed by atoms with E-state index in [2.05, 4.69) is 264 Å². The summed E-state index contributed by atoms with van der Waals surface area (Å²) in [6.07, 6.45) is 0. The highest BCUT2D eigenvalue weighted by molar-refractivity contribution is 6.11. The van der Waals surface area contributed by atoms with Gasteiger partial charge in [-0.25, -0.2) is 0 Å². The summed E-state index contributed by atoms with van der Waals surface area (Å²) in [7, 11) is 0. The van der Waals surface area contributed by atoms with Crippen molar-refractivity contribution in [1.82, 2.24) is 4.57 Å². The molecular formula is C65H42N2. The van der Waals surface area contributed by atoms with Gasteiger partial charge in [-0.3, -0.25) is 0 Å². The lowest BCUT2D eigenvalue weighted by Crippen LogP contribution is -2.26. The van der Waals surface area contributed by atoms with Gasteiger partial charge in [-0.05, 0) is 144 Å². The second kappa shape index (κ2) is 14.7. The first-order valence-electron chi connectivity index (χ1n) is 23.3. The molecule has 312 valence electrons. The first-order valence-corrected chi connectivity index (χ1v) is 23.3. The molecule has 0 unspecified atom stereocenters. The lowest BCUT2D eigenvalue weighted by molar-refractivity contribution is 0.793. The van der Waals surface area contributed by atoms with Crippen molar-refractivity contribution in [3.63, 3.8) is 0 Å². The van der Waals surface area contributed by atoms with E-state index >= 15 is 0 Å². The van der Waals surface area contributed by atoms with Crippen molar-refractivity contribution in [3.05, 3.63) is 277 Å². The van der Waals surface area contributed by atoms with Crippen molar-refractivity contribution in [2.45, 2.75) is 5.41 Å². The van der Waals surface area contributed by atoms with E-state index in [0.29, 0.717) is 0 Å². The molecule has 2 nitrogen and oxygen atoms in total. The number of hydrogen-bond donors (Lipinski definition) is 0. The predicted molar refractivity (Wildman–Crippen MR) is 280 cm³/mol. The molecule has 0 fully saturated rings. The SMILES string of the molecule is c1ccc(-n2c3ccccc3c3cc(-c4ccccc4-c4ccc(N(c5ccc6c(c5)C5(c7ccccc7-c7ccccc75)c5ccccc5-6)c5ccc6ccccc6c5)cc4)ccc32)cc1. The molecule has 1 spiro atoms. The lowest BCUT2D eigenvalue weighted by atomic mass is 9.70. The monoisotopic (exact) mass is 850 g/mol. The fourth-order valence-electron chi connectivity index (χ4n) is 11.8. The van der Waals surface area contributed by atoms with Crippen molar-refractivity contribution in [2.75, 3.05) is 4.90 Å². The summed E-state index contributed by atoms with van der Waals surface area (Å²) in [5, 5.41) is 4.94. The first-order chi connectivity index (χ1) is 33.2. The third-order valence-electron chi connectivity index (χ3n) is 14.6. The fraction of sp³-hybridized carbons (Fsp3) is 0.0154. The van der Waals surface area contributed by atoms with Gasteiger partial charge in [-0.2, -0.15) is 0 Å². The van der Waals surface area contributed by atoms with Crippen LogP contribution in [0.25, 0.3) is 82.8 Å². The molecule has 2 aliphatic rings. The number of anilines is 3. The largest absolute Gasteiger partial charge is 0.310 e. The fourth-order valence-corrected chi connectivity index (χ4v) is 11.8. The lowest BCUT2D eigenvalue weighted by Gasteiger charge is -2.32. The number of rotatable bonds is 6. The van der Waals surface area contributed by atoms with Crippen LogP contribution in [-0.2, 0) is 5.41 Å². The molecule has 1 heterocycles. The van der Waals surface area contributed by atoms with Crippen molar-refractivity contribution < 1.29 is 0 Å². The Bertz CT molecular complexity index is 3870. The highest BCUT2D eigenvalue weighted by Crippen LogP contribution is 2.63. The number of hydrogen-bond acceptors (Lipinski definition) is 1. The van der Waals surface area contributed by atoms with Crippen LogP contribution in [0.4, 0.5) is 17.1 Å². The minimum Gasteiger partial charge on any atom is -0.310 e. The van der Waals surface area contributed by atoms with E-state index in [0.717, 1.165) is 17.1 Å². The Morgan fingerprint density at radius 3 is 1.48 bits per heavy atom. The molecule has 12 aromatic rings. The molecule has 1 aromatic heterocycles. The van der Waals surface area contributed by atoms with Gasteiger partial charge in [0.1, 0.15) is 0 Å². The maximum absolute atomic E-state index is 2.48. The van der Waals surface area contributed by atoms with E-state index in [9.17, 15) is 0 Å². The Morgan fingerprint density at radius 1 is 0.284 bits per heavy atom. The first kappa shape index (κ1) is 37.6. The van der Waals surface area contributed by atoms with Crippen LogP contribution in [0.5, 0.6) is 0 Å². The van der Waals surface area contributed by atoms with E-state index in [1.807, 2.05) is 0 Å². The van der Waals surface area contributed by atoms with Gasteiger partial charge in [0, 0.05) is 33.5 Å². The van der Waals surface area contributed by atoms with Crippen LogP contribution >= 0.6 is 0 Å². The maximum atomic E-state index is 2.48. The van der Waals surface area contributed by atoms with Gasteiger partial charge in [-0.15, -0.1) is 0 Å². The molecule has 0 aliphatic heterocycles. The van der Waals surface area contributed by atoms with E-state index in [4.69, 9.17) is 0 Å². The zero-order valence-corrected chi connectivity index (χ0v) is 36.6. The second-order valence-electron chi connectivity index (χ2n) is 18.0. The third kappa shape index (κ3) is 5.51. The summed E-state index contributed by atoms with van der Waals surface area (Å²) < 4.78 is 2.38. The summed E-state index contributed by atoms with van der Waals surface area (Å²) in [6, 6.07) is 94.3. The number of benzene rings is 11. The number of aromatic nitrogens is 1. The molecule has 0 N–H and O–H groups in total.